The zero-order chi connectivity index (χ0) is 23.7. The first-order valence-electron chi connectivity index (χ1n) is 12.4. The lowest BCUT2D eigenvalue weighted by Crippen LogP contribution is -2.38. The molecule has 0 atom stereocenters. The van der Waals surface area contributed by atoms with Crippen LogP contribution >= 0.6 is 11.8 Å². The molecular formula is C24H33N7O2S. The van der Waals surface area contributed by atoms with Crippen molar-refractivity contribution in [1.29, 1.82) is 5.26 Å². The number of thioether (sulfide) groups is 1. The maximum atomic E-state index is 13.1. The number of hydrogen-bond donors (Lipinski definition) is 1. The van der Waals surface area contributed by atoms with Crippen molar-refractivity contribution >= 4 is 29.4 Å². The number of morpholine rings is 1. The van der Waals surface area contributed by atoms with Crippen LogP contribution in [0.15, 0.2) is 5.16 Å². The fraction of sp³-hybridized carbons (Fsp3) is 0.667. The number of nitrogens with zero attached hydrogens (tertiary/aromatic N) is 6. The van der Waals surface area contributed by atoms with Gasteiger partial charge in [-0.2, -0.15) is 5.26 Å². The second-order valence-electron chi connectivity index (χ2n) is 9.53. The van der Waals surface area contributed by atoms with Crippen LogP contribution in [0.5, 0.6) is 0 Å². The second kappa shape index (κ2) is 10.0. The highest BCUT2D eigenvalue weighted by Crippen LogP contribution is 2.41. The quantitative estimate of drug-likeness (QED) is 0.595. The van der Waals surface area contributed by atoms with E-state index in [-0.39, 0.29) is 11.7 Å². The molecule has 0 unspecified atom stereocenters. The fourth-order valence-electron chi connectivity index (χ4n) is 5.18. The highest BCUT2D eigenvalue weighted by atomic mass is 32.2. The summed E-state index contributed by atoms with van der Waals surface area (Å²) < 4.78 is 9.88. The van der Waals surface area contributed by atoms with Crippen molar-refractivity contribution in [2.75, 3.05) is 42.3 Å². The van der Waals surface area contributed by atoms with Gasteiger partial charge < -0.3 is 19.5 Å². The van der Waals surface area contributed by atoms with Gasteiger partial charge in [0.05, 0.1) is 24.5 Å². The van der Waals surface area contributed by atoms with Crippen molar-refractivity contribution in [3.8, 4) is 6.07 Å². The van der Waals surface area contributed by atoms with Gasteiger partial charge in [0, 0.05) is 30.9 Å². The zero-order valence-corrected chi connectivity index (χ0v) is 20.9. The van der Waals surface area contributed by atoms with Crippen molar-refractivity contribution in [3.05, 3.63) is 16.8 Å². The van der Waals surface area contributed by atoms with Gasteiger partial charge in [0.1, 0.15) is 11.9 Å². The number of rotatable bonds is 7. The number of amides is 1. The number of nitrogens with one attached hydrogen (secondary N) is 1. The van der Waals surface area contributed by atoms with Crippen molar-refractivity contribution < 1.29 is 9.53 Å². The highest BCUT2D eigenvalue weighted by Gasteiger charge is 2.32. The van der Waals surface area contributed by atoms with Crippen LogP contribution in [0, 0.1) is 25.2 Å². The third-order valence-electron chi connectivity index (χ3n) is 7.25. The average Bonchev–Trinajstić information content (AvgIpc) is 3.57. The average molecular weight is 484 g/mol. The molecule has 0 spiro atoms. The van der Waals surface area contributed by atoms with Crippen LogP contribution in [0.3, 0.4) is 0 Å². The molecule has 2 aliphatic carbocycles. The summed E-state index contributed by atoms with van der Waals surface area (Å²) in [4.78, 5) is 15.3. The van der Waals surface area contributed by atoms with E-state index in [1.807, 2.05) is 6.92 Å². The first-order valence-corrected chi connectivity index (χ1v) is 13.4. The highest BCUT2D eigenvalue weighted by molar-refractivity contribution is 7.99. The van der Waals surface area contributed by atoms with Crippen LogP contribution in [-0.2, 0) is 9.53 Å². The maximum absolute atomic E-state index is 13.1. The van der Waals surface area contributed by atoms with E-state index < -0.39 is 0 Å². The third kappa shape index (κ3) is 4.56. The van der Waals surface area contributed by atoms with Crippen LogP contribution < -0.4 is 10.2 Å². The smallest absolute Gasteiger partial charge is 0.235 e. The van der Waals surface area contributed by atoms with Gasteiger partial charge in [-0.1, -0.05) is 31.0 Å². The number of anilines is 2. The molecule has 0 radical (unpaired) electrons. The van der Waals surface area contributed by atoms with Gasteiger partial charge in [-0.3, -0.25) is 9.36 Å². The minimum atomic E-state index is -0.116. The lowest BCUT2D eigenvalue weighted by Gasteiger charge is -2.28. The molecule has 2 aromatic heterocycles. The van der Waals surface area contributed by atoms with Gasteiger partial charge in [0.2, 0.25) is 11.9 Å². The lowest BCUT2D eigenvalue weighted by molar-refractivity contribution is -0.113. The van der Waals surface area contributed by atoms with Crippen molar-refractivity contribution in [1.82, 2.24) is 19.3 Å². The van der Waals surface area contributed by atoms with E-state index in [2.05, 4.69) is 42.5 Å². The van der Waals surface area contributed by atoms with E-state index in [0.29, 0.717) is 36.7 Å². The molecule has 2 aromatic rings. The number of carbonyl (C=O) groups excluding carboxylic acids is 1. The summed E-state index contributed by atoms with van der Waals surface area (Å²) >= 11 is 1.42. The van der Waals surface area contributed by atoms with Gasteiger partial charge in [-0.15, -0.1) is 10.2 Å². The van der Waals surface area contributed by atoms with Gasteiger partial charge in [0.25, 0.3) is 0 Å². The zero-order valence-electron chi connectivity index (χ0n) is 20.0. The Balaban J connectivity index is 1.32. The van der Waals surface area contributed by atoms with Crippen molar-refractivity contribution in [3.63, 3.8) is 0 Å². The number of aromatic nitrogens is 4. The molecule has 1 amide bonds. The maximum Gasteiger partial charge on any atom is 0.235 e. The summed E-state index contributed by atoms with van der Waals surface area (Å²) in [5.74, 6) is 1.66. The molecule has 0 bridgehead atoms. The largest absolute Gasteiger partial charge is 0.378 e. The normalized spacial score (nSPS) is 19.3. The number of carbonyl (C=O) groups is 1. The van der Waals surface area contributed by atoms with Gasteiger partial charge in [-0.05, 0) is 45.1 Å². The van der Waals surface area contributed by atoms with Gasteiger partial charge in [-0.25, -0.2) is 0 Å². The summed E-state index contributed by atoms with van der Waals surface area (Å²) in [5.41, 5.74) is 2.62. The standard InChI is InChI=1S/C24H33N7O2S/c1-16-17(2)30(18-6-4-3-5-7-18)22(20(16)14-25)26-21(32)15-34-24-28-27-23(31(24)19-8-9-19)29-10-12-33-13-11-29/h18-19H,3-13,15H2,1-2H3,(H,26,32). The molecule has 182 valence electrons. The Morgan fingerprint density at radius 1 is 1.09 bits per heavy atom. The van der Waals surface area contributed by atoms with Crippen molar-refractivity contribution in [2.24, 2.45) is 0 Å². The van der Waals surface area contributed by atoms with Gasteiger partial charge in [0.15, 0.2) is 5.16 Å². The van der Waals surface area contributed by atoms with E-state index in [4.69, 9.17) is 4.74 Å². The Bertz CT molecular complexity index is 1090. The van der Waals surface area contributed by atoms with Crippen LogP contribution in [0.1, 0.15) is 73.9 Å². The predicted molar refractivity (Wildman–Crippen MR) is 131 cm³/mol. The molecule has 2 saturated carbocycles. The third-order valence-corrected chi connectivity index (χ3v) is 8.19. The molecule has 3 fully saturated rings. The van der Waals surface area contributed by atoms with E-state index in [9.17, 15) is 10.1 Å². The van der Waals surface area contributed by atoms with Crippen LogP contribution in [0.25, 0.3) is 0 Å². The molecule has 1 aliphatic heterocycles. The summed E-state index contributed by atoms with van der Waals surface area (Å²) in [7, 11) is 0. The Hall–Kier alpha value is -2.51. The van der Waals surface area contributed by atoms with E-state index >= 15 is 0 Å². The molecular weight excluding hydrogens is 450 g/mol. The van der Waals surface area contributed by atoms with E-state index in [0.717, 1.165) is 61.1 Å². The Morgan fingerprint density at radius 2 is 1.79 bits per heavy atom. The summed E-state index contributed by atoms with van der Waals surface area (Å²) in [6.45, 7) is 7.04. The Kier molecular flexibility index (Phi) is 6.84. The Labute approximate surface area is 204 Å². The van der Waals surface area contributed by atoms with Gasteiger partial charge >= 0.3 is 0 Å². The molecule has 1 N–H and O–H groups in total. The first-order chi connectivity index (χ1) is 16.6. The second-order valence-corrected chi connectivity index (χ2v) is 10.5. The molecule has 1 saturated heterocycles. The van der Waals surface area contributed by atoms with Crippen molar-refractivity contribution in [2.45, 2.75) is 76.0 Å². The van der Waals surface area contributed by atoms with Crippen LogP contribution in [0.2, 0.25) is 0 Å². The summed E-state index contributed by atoms with van der Waals surface area (Å²) in [6, 6.07) is 3.08. The molecule has 3 aliphatic rings. The lowest BCUT2D eigenvalue weighted by atomic mass is 9.95. The fourth-order valence-corrected chi connectivity index (χ4v) is 5.98. The van der Waals surface area contributed by atoms with E-state index in [1.54, 1.807) is 0 Å². The first kappa shape index (κ1) is 23.2. The molecule has 5 rings (SSSR count). The number of hydrogen-bond acceptors (Lipinski definition) is 7. The minimum Gasteiger partial charge on any atom is -0.378 e. The van der Waals surface area contributed by atoms with Crippen LogP contribution in [0.4, 0.5) is 11.8 Å². The SMILES string of the molecule is Cc1c(C#N)c(NC(=O)CSc2nnc(N3CCOCC3)n2C2CC2)n(C2CCCCC2)c1C. The molecule has 34 heavy (non-hydrogen) atoms. The number of nitriles is 1. The predicted octanol–water partition coefficient (Wildman–Crippen LogP) is 3.98. The molecule has 10 heteroatoms. The summed E-state index contributed by atoms with van der Waals surface area (Å²) in [5, 5.41) is 22.6. The minimum absolute atomic E-state index is 0.116. The summed E-state index contributed by atoms with van der Waals surface area (Å²) in [6.07, 6.45) is 8.05. The van der Waals surface area contributed by atoms with E-state index in [1.165, 1.54) is 31.0 Å². The molecule has 0 aromatic carbocycles. The topological polar surface area (TPSA) is 101 Å². The monoisotopic (exact) mass is 483 g/mol. The molecule has 9 nitrogen and oxygen atoms in total. The van der Waals surface area contributed by atoms with Crippen LogP contribution in [-0.4, -0.2) is 57.3 Å². The molecule has 3 heterocycles. The number of ether oxygens (including phenoxy) is 1. The Morgan fingerprint density at radius 3 is 2.47 bits per heavy atom.